The van der Waals surface area contributed by atoms with Crippen LogP contribution in [0.4, 0.5) is 20.2 Å². The molecule has 0 spiro atoms. The van der Waals surface area contributed by atoms with Gasteiger partial charge >= 0.3 is 0 Å². The molecule has 0 radical (unpaired) electrons. The molecule has 22 heavy (non-hydrogen) atoms. The highest BCUT2D eigenvalue weighted by molar-refractivity contribution is 5.57. The van der Waals surface area contributed by atoms with E-state index in [4.69, 9.17) is 0 Å². The Morgan fingerprint density at radius 1 is 1.05 bits per heavy atom. The monoisotopic (exact) mass is 311 g/mol. The Hall–Kier alpha value is -1.36. The van der Waals surface area contributed by atoms with Crippen molar-refractivity contribution in [2.45, 2.75) is 27.7 Å². The number of piperazine rings is 1. The topological polar surface area (TPSA) is 18.5 Å². The maximum atomic E-state index is 14.2. The molecule has 1 fully saturated rings. The van der Waals surface area contributed by atoms with E-state index in [1.807, 2.05) is 25.7 Å². The molecule has 1 aliphatic heterocycles. The molecular weight excluding hydrogens is 284 g/mol. The molecule has 3 nitrogen and oxygen atoms in total. The van der Waals surface area contributed by atoms with E-state index in [9.17, 15) is 8.78 Å². The molecule has 0 aliphatic carbocycles. The fourth-order valence-electron chi connectivity index (χ4n) is 2.59. The van der Waals surface area contributed by atoms with Gasteiger partial charge in [-0.15, -0.1) is 0 Å². The molecule has 0 amide bonds. The van der Waals surface area contributed by atoms with E-state index in [-0.39, 0.29) is 11.1 Å². The molecule has 1 aromatic rings. The van der Waals surface area contributed by atoms with E-state index >= 15 is 0 Å². The average molecular weight is 311 g/mol. The summed E-state index contributed by atoms with van der Waals surface area (Å²) in [6.45, 7) is 13.2. The van der Waals surface area contributed by atoms with Gasteiger partial charge in [0.1, 0.15) is 5.69 Å². The van der Waals surface area contributed by atoms with Crippen LogP contribution in [-0.4, -0.2) is 44.2 Å². The van der Waals surface area contributed by atoms with Gasteiger partial charge in [-0.3, -0.25) is 0 Å². The van der Waals surface area contributed by atoms with E-state index in [1.165, 1.54) is 12.1 Å². The molecule has 1 heterocycles. The highest BCUT2D eigenvalue weighted by atomic mass is 19.1. The van der Waals surface area contributed by atoms with Crippen molar-refractivity contribution < 1.29 is 8.78 Å². The summed E-state index contributed by atoms with van der Waals surface area (Å²) in [6, 6.07) is 2.88. The zero-order valence-electron chi connectivity index (χ0n) is 14.0. The zero-order valence-corrected chi connectivity index (χ0v) is 14.0. The van der Waals surface area contributed by atoms with E-state index < -0.39 is 11.6 Å². The van der Waals surface area contributed by atoms with Crippen molar-refractivity contribution in [1.29, 1.82) is 0 Å². The molecule has 0 aromatic heterocycles. The molecule has 1 N–H and O–H groups in total. The van der Waals surface area contributed by atoms with Crippen LogP contribution in [0, 0.1) is 17.0 Å². The van der Waals surface area contributed by atoms with Gasteiger partial charge in [0.15, 0.2) is 11.6 Å². The van der Waals surface area contributed by atoms with Crippen molar-refractivity contribution in [2.24, 2.45) is 5.41 Å². The molecule has 124 valence electrons. The summed E-state index contributed by atoms with van der Waals surface area (Å²) in [6.07, 6.45) is 0. The summed E-state index contributed by atoms with van der Waals surface area (Å²) in [5.74, 6) is -1.03. The van der Waals surface area contributed by atoms with E-state index in [0.29, 0.717) is 12.2 Å². The van der Waals surface area contributed by atoms with Crippen LogP contribution in [0.15, 0.2) is 12.1 Å². The number of anilines is 2. The van der Waals surface area contributed by atoms with Crippen molar-refractivity contribution in [3.8, 4) is 0 Å². The Morgan fingerprint density at radius 2 is 1.59 bits per heavy atom. The van der Waals surface area contributed by atoms with Gasteiger partial charge in [-0.2, -0.15) is 0 Å². The number of hydrogen-bond donors (Lipinski definition) is 1. The van der Waals surface area contributed by atoms with Crippen molar-refractivity contribution in [1.82, 2.24) is 4.90 Å². The minimum absolute atomic E-state index is 0.0223. The normalized spacial score (nSPS) is 16.9. The van der Waals surface area contributed by atoms with Gasteiger partial charge in [0.25, 0.3) is 0 Å². The largest absolute Gasteiger partial charge is 0.380 e. The molecule has 1 aliphatic rings. The maximum absolute atomic E-state index is 14.2. The first kappa shape index (κ1) is 17.0. The first-order chi connectivity index (χ1) is 10.3. The van der Waals surface area contributed by atoms with Crippen molar-refractivity contribution in [2.75, 3.05) is 49.5 Å². The second kappa shape index (κ2) is 6.82. The Balaban J connectivity index is 2.09. The van der Waals surface area contributed by atoms with E-state index in [0.717, 1.165) is 32.7 Å². The summed E-state index contributed by atoms with van der Waals surface area (Å²) in [5, 5.41) is 2.89. The lowest BCUT2D eigenvalue weighted by Gasteiger charge is -2.35. The fourth-order valence-corrected chi connectivity index (χ4v) is 2.59. The van der Waals surface area contributed by atoms with Gasteiger partial charge < -0.3 is 15.1 Å². The standard InChI is InChI=1S/C17H27F2N3/c1-5-21-6-8-22(9-7-21)13-10-14(18)16(15(19)11-13)20-12-17(2,3)4/h10-11,20H,5-9,12H2,1-4H3. The minimum atomic E-state index is -0.517. The molecule has 0 saturated carbocycles. The van der Waals surface area contributed by atoms with Gasteiger partial charge in [0.2, 0.25) is 0 Å². The van der Waals surface area contributed by atoms with Crippen LogP contribution in [0.2, 0.25) is 0 Å². The number of rotatable bonds is 4. The molecule has 0 atom stereocenters. The quantitative estimate of drug-likeness (QED) is 0.917. The summed E-state index contributed by atoms with van der Waals surface area (Å²) >= 11 is 0. The van der Waals surface area contributed by atoms with Gasteiger partial charge in [-0.1, -0.05) is 27.7 Å². The number of hydrogen-bond acceptors (Lipinski definition) is 3. The van der Waals surface area contributed by atoms with Crippen LogP contribution < -0.4 is 10.2 Å². The number of nitrogens with zero attached hydrogens (tertiary/aromatic N) is 2. The highest BCUT2D eigenvalue weighted by Crippen LogP contribution is 2.27. The Bertz CT molecular complexity index is 480. The van der Waals surface area contributed by atoms with Crippen LogP contribution in [0.25, 0.3) is 0 Å². The van der Waals surface area contributed by atoms with Crippen molar-refractivity contribution >= 4 is 11.4 Å². The van der Waals surface area contributed by atoms with E-state index in [1.54, 1.807) is 0 Å². The van der Waals surface area contributed by atoms with Crippen LogP contribution in [0.3, 0.4) is 0 Å². The molecule has 0 bridgehead atoms. The van der Waals surface area contributed by atoms with Crippen molar-refractivity contribution in [3.05, 3.63) is 23.8 Å². The van der Waals surface area contributed by atoms with E-state index in [2.05, 4.69) is 17.1 Å². The number of likely N-dealkylation sites (N-methyl/N-ethyl adjacent to an activating group) is 1. The lowest BCUT2D eigenvalue weighted by Crippen LogP contribution is -2.46. The maximum Gasteiger partial charge on any atom is 0.151 e. The lowest BCUT2D eigenvalue weighted by atomic mass is 9.97. The SMILES string of the molecule is CCN1CCN(c2cc(F)c(NCC(C)(C)C)c(F)c2)CC1. The predicted octanol–water partition coefficient (Wildman–Crippen LogP) is 3.56. The molecule has 1 aromatic carbocycles. The van der Waals surface area contributed by atoms with Crippen LogP contribution in [-0.2, 0) is 0 Å². The first-order valence-corrected chi connectivity index (χ1v) is 8.00. The number of halogens is 2. The molecule has 1 saturated heterocycles. The van der Waals surface area contributed by atoms with Crippen LogP contribution in [0.1, 0.15) is 27.7 Å². The van der Waals surface area contributed by atoms with Crippen molar-refractivity contribution in [3.63, 3.8) is 0 Å². The Kier molecular flexibility index (Phi) is 5.27. The average Bonchev–Trinajstić information content (AvgIpc) is 2.45. The molecule has 0 unspecified atom stereocenters. The second-order valence-electron chi connectivity index (χ2n) is 7.12. The third-order valence-electron chi connectivity index (χ3n) is 4.01. The second-order valence-corrected chi connectivity index (χ2v) is 7.12. The zero-order chi connectivity index (χ0) is 16.3. The number of nitrogens with one attached hydrogen (secondary N) is 1. The molecular formula is C17H27F2N3. The third kappa shape index (κ3) is 4.32. The third-order valence-corrected chi connectivity index (χ3v) is 4.01. The summed E-state index contributed by atoms with van der Waals surface area (Å²) in [4.78, 5) is 4.38. The van der Waals surface area contributed by atoms with Gasteiger partial charge in [0.05, 0.1) is 0 Å². The summed E-state index contributed by atoms with van der Waals surface area (Å²) in [7, 11) is 0. The Morgan fingerprint density at radius 3 is 2.05 bits per heavy atom. The molecule has 5 heteroatoms. The summed E-state index contributed by atoms with van der Waals surface area (Å²) < 4.78 is 28.5. The summed E-state index contributed by atoms with van der Waals surface area (Å²) in [5.41, 5.74) is 0.575. The van der Waals surface area contributed by atoms with Gasteiger partial charge in [0, 0.05) is 38.4 Å². The minimum Gasteiger partial charge on any atom is -0.380 e. The van der Waals surface area contributed by atoms with Gasteiger partial charge in [-0.05, 0) is 24.1 Å². The van der Waals surface area contributed by atoms with Gasteiger partial charge in [-0.25, -0.2) is 8.78 Å². The highest BCUT2D eigenvalue weighted by Gasteiger charge is 2.20. The van der Waals surface area contributed by atoms with Crippen LogP contribution in [0.5, 0.6) is 0 Å². The Labute approximate surface area is 132 Å². The van der Waals surface area contributed by atoms with Crippen LogP contribution >= 0.6 is 0 Å². The first-order valence-electron chi connectivity index (χ1n) is 8.00. The lowest BCUT2D eigenvalue weighted by molar-refractivity contribution is 0.271. The predicted molar refractivity (Wildman–Crippen MR) is 88.6 cm³/mol. The number of benzene rings is 1. The fraction of sp³-hybridized carbons (Fsp3) is 0.647. The smallest absolute Gasteiger partial charge is 0.151 e. The molecule has 2 rings (SSSR count).